The van der Waals surface area contributed by atoms with Gasteiger partial charge in [0.25, 0.3) is 10.1 Å². The van der Waals surface area contributed by atoms with Crippen LogP contribution in [0.25, 0.3) is 0 Å². The van der Waals surface area contributed by atoms with Crippen molar-refractivity contribution in [1.29, 1.82) is 0 Å². The second-order valence-corrected chi connectivity index (χ2v) is 14.4. The first kappa shape index (κ1) is 83.9. The van der Waals surface area contributed by atoms with Crippen molar-refractivity contribution in [1.82, 2.24) is 0 Å². The van der Waals surface area contributed by atoms with Gasteiger partial charge in [-0.3, -0.25) is 4.55 Å². The average Bonchev–Trinajstić information content (AvgIpc) is 3.34. The summed E-state index contributed by atoms with van der Waals surface area (Å²) >= 11 is 0. The summed E-state index contributed by atoms with van der Waals surface area (Å²) in [6.45, 7) is -0.250. The van der Waals surface area contributed by atoms with Gasteiger partial charge in [-0.25, -0.2) is 38.4 Å². The summed E-state index contributed by atoms with van der Waals surface area (Å²) in [6, 6.07) is 22.6. The minimum Gasteiger partial charge on any atom is -0.550 e. The van der Waals surface area contributed by atoms with E-state index in [2.05, 4.69) is 0 Å². The van der Waals surface area contributed by atoms with Gasteiger partial charge in [0.1, 0.15) is 0 Å². The van der Waals surface area contributed by atoms with Crippen molar-refractivity contribution in [3.63, 3.8) is 0 Å². The molecule has 34 heteroatoms. The number of carbonyl (C=O) groups excluding carboxylic acids is 4. The Balaban J connectivity index is -0.000000200. The number of carboxylic acids is 12. The van der Waals surface area contributed by atoms with E-state index >= 15 is 0 Å². The molecule has 0 spiro atoms. The maximum Gasteiger partial charge on any atom is 1.00 e. The fourth-order valence-electron chi connectivity index (χ4n) is 4.24. The first-order valence-electron chi connectivity index (χ1n) is 19.1. The molecule has 5 rings (SSSR count). The van der Waals surface area contributed by atoms with Crippen molar-refractivity contribution in [3.05, 3.63) is 171 Å². The van der Waals surface area contributed by atoms with E-state index in [1.807, 2.05) is 0 Å². The van der Waals surface area contributed by atoms with E-state index in [0.717, 1.165) is 24.3 Å². The third kappa shape index (κ3) is 37.1. The molecule has 11 N–H and O–H groups in total. The summed E-state index contributed by atoms with van der Waals surface area (Å²) in [5.41, 5.74) is -1.52. The molecule has 0 radical (unpaired) electrons. The Morgan fingerprint density at radius 1 is 0.329 bits per heavy atom. The summed E-state index contributed by atoms with van der Waals surface area (Å²) in [4.78, 5) is 122. The van der Waals surface area contributed by atoms with Gasteiger partial charge in [-0.05, 0) is 102 Å². The predicted molar refractivity (Wildman–Crippen MR) is 235 cm³/mol. The van der Waals surface area contributed by atoms with Crippen molar-refractivity contribution in [2.45, 2.75) is 11.3 Å². The number of hydrogen-bond donors (Lipinski definition) is 11. The molecule has 29 nitrogen and oxygen atoms in total. The van der Waals surface area contributed by atoms with Crippen molar-refractivity contribution < 1.29 is 260 Å². The molecule has 400 valence electrons. The van der Waals surface area contributed by atoms with Crippen molar-refractivity contribution >= 4 is 81.7 Å². The van der Waals surface area contributed by atoms with Gasteiger partial charge in [-0.2, -0.15) is 8.42 Å². The number of rotatable bonds is 14. The standard InChI is InChI=1S/C8H6O7S.4C8H6O4.C3H4O4.C2H6O2.4Na/c9-7(10)4-1-5(8(11)12)3-6(2-4)16(13,14)15;4*9-7(10)5-2-1-3-6(4-5)8(11)12;4-2(5)1-3(6)7;3-1-2-4;;;;/h1-3H,(H,9,10)(H,11,12)(H,13,14,15);4*1-4H,(H,9,10)(H,11,12);1H2,(H,4,5)(H,6,7);3-4H,1-2H2;;;;/q;;;;;;;4*+1/p-4. The van der Waals surface area contributed by atoms with E-state index in [4.69, 9.17) is 55.6 Å². The van der Waals surface area contributed by atoms with Crippen LogP contribution in [0.5, 0.6) is 0 Å². The zero-order valence-electron chi connectivity index (χ0n) is 41.3. The molecular formula is C45H36Na4O29S. The van der Waals surface area contributed by atoms with Gasteiger partial charge in [0, 0.05) is 18.4 Å². The zero-order valence-corrected chi connectivity index (χ0v) is 50.1. The fourth-order valence-corrected chi connectivity index (χ4v) is 4.79. The second-order valence-electron chi connectivity index (χ2n) is 12.9. The molecule has 0 saturated carbocycles. The van der Waals surface area contributed by atoms with Crippen LogP contribution in [0.15, 0.2) is 120 Å². The summed E-state index contributed by atoms with van der Waals surface area (Å²) in [7, 11) is -4.70. The molecule has 0 saturated heterocycles. The predicted octanol–water partition coefficient (Wildman–Crippen LogP) is -14.1. The van der Waals surface area contributed by atoms with Crippen LogP contribution in [0, 0.1) is 0 Å². The van der Waals surface area contributed by atoms with Crippen molar-refractivity contribution in [2.24, 2.45) is 0 Å². The molecule has 0 aliphatic rings. The molecule has 0 unspecified atom stereocenters. The normalized spacial score (nSPS) is 9.00. The van der Waals surface area contributed by atoms with E-state index < -0.39 is 104 Å². The molecule has 0 fully saturated rings. The molecule has 0 aliphatic carbocycles. The van der Waals surface area contributed by atoms with Crippen LogP contribution < -0.4 is 139 Å². The first-order chi connectivity index (χ1) is 34.7. The number of aliphatic carboxylic acids is 2. The Bertz CT molecular complexity index is 2600. The van der Waals surface area contributed by atoms with Crippen LogP contribution in [-0.2, 0) is 19.7 Å². The third-order valence-electron chi connectivity index (χ3n) is 7.49. The number of aliphatic hydroxyl groups excluding tert-OH is 2. The number of aromatic carboxylic acids is 10. The Labute approximate surface area is 532 Å². The monoisotopic (exact) mass is 1160 g/mol. The van der Waals surface area contributed by atoms with Gasteiger partial charge in [-0.1, -0.05) is 24.3 Å². The van der Waals surface area contributed by atoms with Crippen LogP contribution in [0.2, 0.25) is 0 Å². The largest absolute Gasteiger partial charge is 1.00 e. The molecule has 5 aromatic carbocycles. The van der Waals surface area contributed by atoms with Crippen molar-refractivity contribution in [2.75, 3.05) is 13.2 Å². The Morgan fingerprint density at radius 3 is 0.595 bits per heavy atom. The van der Waals surface area contributed by atoms with Crippen LogP contribution >= 0.6 is 0 Å². The Kier molecular flexibility index (Phi) is 46.1. The topological polar surface area (TPSA) is 554 Å². The molecule has 0 amide bonds. The summed E-state index contributed by atoms with van der Waals surface area (Å²) < 4.78 is 30.1. The maximum absolute atomic E-state index is 10.7. The van der Waals surface area contributed by atoms with E-state index in [9.17, 15) is 86.4 Å². The van der Waals surface area contributed by atoms with Gasteiger partial charge < -0.3 is 90.7 Å². The van der Waals surface area contributed by atoms with Gasteiger partial charge in [0.05, 0.1) is 74.6 Å². The number of carbonyl (C=O) groups is 12. The van der Waals surface area contributed by atoms with E-state index in [-0.39, 0.29) is 176 Å². The summed E-state index contributed by atoms with van der Waals surface area (Å²) in [6.07, 6.45) is -1.03. The molecule has 0 heterocycles. The maximum atomic E-state index is 10.7. The van der Waals surface area contributed by atoms with Crippen LogP contribution in [0.4, 0.5) is 0 Å². The third-order valence-corrected chi connectivity index (χ3v) is 8.32. The zero-order chi connectivity index (χ0) is 58.3. The number of hydrogen-bond acceptors (Lipinski definition) is 20. The second kappa shape index (κ2) is 43.5. The first-order valence-corrected chi connectivity index (χ1v) is 20.6. The molecule has 0 bridgehead atoms. The van der Waals surface area contributed by atoms with Gasteiger partial charge in [0.15, 0.2) is 0 Å². The SMILES string of the molecule is O=C(O)c1cccc(C(=O)O)c1.O=C(O)c1cccc(C(=O)O)c1.O=C(O)c1cccc(C(=O)O)c1.O=C(O)c1cccc(C(=O)O)c1.O=C([O-])CC(=O)[O-].O=C([O-])c1cc(C(=O)[O-])cc(S(=O)(=O)O)c1.OCCO.[Na+].[Na+].[Na+].[Na+]. The van der Waals surface area contributed by atoms with Gasteiger partial charge in [-0.15, -0.1) is 0 Å². The minimum absolute atomic E-state index is 0. The van der Waals surface area contributed by atoms with E-state index in [1.54, 1.807) is 0 Å². The van der Waals surface area contributed by atoms with Gasteiger partial charge >= 0.3 is 166 Å². The molecule has 0 aromatic heterocycles. The van der Waals surface area contributed by atoms with Crippen LogP contribution in [-0.4, -0.2) is 149 Å². The van der Waals surface area contributed by atoms with Crippen LogP contribution in [0.1, 0.15) is 110 Å². The van der Waals surface area contributed by atoms with E-state index in [0.29, 0.717) is 18.2 Å². The minimum atomic E-state index is -4.70. The van der Waals surface area contributed by atoms with Crippen molar-refractivity contribution in [3.8, 4) is 0 Å². The smallest absolute Gasteiger partial charge is 0.550 e. The Morgan fingerprint density at radius 2 is 0.494 bits per heavy atom. The molecular weight excluding hydrogens is 1130 g/mol. The summed E-state index contributed by atoms with van der Waals surface area (Å²) in [5.74, 6) is -15.8. The molecule has 79 heavy (non-hydrogen) atoms. The number of aliphatic hydroxyl groups is 2. The van der Waals surface area contributed by atoms with E-state index in [1.165, 1.54) is 72.8 Å². The molecule has 5 aromatic rings. The molecule has 0 atom stereocenters. The summed E-state index contributed by atoms with van der Waals surface area (Å²) in [5, 5.41) is 123. The number of carboxylic acid groups (broad SMARTS) is 12. The quantitative estimate of drug-likeness (QED) is 0.0279. The fraction of sp³-hybridized carbons (Fsp3) is 0.0667. The number of benzene rings is 5. The molecule has 0 aliphatic heterocycles. The average molecular weight is 1160 g/mol. The van der Waals surface area contributed by atoms with Crippen LogP contribution in [0.3, 0.4) is 0 Å². The van der Waals surface area contributed by atoms with Gasteiger partial charge in [0.2, 0.25) is 0 Å². The Hall–Kier alpha value is -6.43.